The molecule has 0 aliphatic rings. The number of likely N-dealkylation sites (N-methyl/N-ethyl adjacent to an activating group) is 1. The molecule has 0 saturated carbocycles. The molecular formula is C27H29N3O3. The van der Waals surface area contributed by atoms with Gasteiger partial charge in [-0.15, -0.1) is 0 Å². The quantitative estimate of drug-likeness (QED) is 0.376. The van der Waals surface area contributed by atoms with Crippen molar-refractivity contribution in [3.63, 3.8) is 0 Å². The lowest BCUT2D eigenvalue weighted by Crippen LogP contribution is -2.21. The molecule has 0 fully saturated rings. The predicted molar refractivity (Wildman–Crippen MR) is 131 cm³/mol. The molecule has 6 heteroatoms. The van der Waals surface area contributed by atoms with Crippen molar-refractivity contribution in [2.24, 2.45) is 0 Å². The number of ether oxygens (including phenoxy) is 2. The van der Waals surface area contributed by atoms with Gasteiger partial charge in [0.1, 0.15) is 24.2 Å². The number of nitrogens with zero attached hydrogens (tertiary/aromatic N) is 3. The van der Waals surface area contributed by atoms with Crippen LogP contribution in [-0.2, 0) is 0 Å². The molecule has 0 bridgehead atoms. The third kappa shape index (κ3) is 5.54. The second kappa shape index (κ2) is 10.2. The van der Waals surface area contributed by atoms with E-state index in [4.69, 9.17) is 9.47 Å². The van der Waals surface area contributed by atoms with Crippen molar-refractivity contribution in [1.29, 1.82) is 0 Å². The van der Waals surface area contributed by atoms with E-state index < -0.39 is 0 Å². The summed E-state index contributed by atoms with van der Waals surface area (Å²) in [5, 5.41) is 0. The van der Waals surface area contributed by atoms with Gasteiger partial charge >= 0.3 is 5.69 Å². The largest absolute Gasteiger partial charge is 0.492 e. The molecule has 1 atom stereocenters. The third-order valence-corrected chi connectivity index (χ3v) is 5.40. The zero-order valence-corrected chi connectivity index (χ0v) is 19.2. The fourth-order valence-corrected chi connectivity index (χ4v) is 3.50. The van der Waals surface area contributed by atoms with Crippen LogP contribution in [0.25, 0.3) is 11.4 Å². The number of imidazole rings is 1. The summed E-state index contributed by atoms with van der Waals surface area (Å²) in [6, 6.07) is 25.2. The molecule has 3 aromatic carbocycles. The number of rotatable bonds is 9. The average molecular weight is 444 g/mol. The molecule has 0 spiro atoms. The number of hydrogen-bond acceptors (Lipinski definition) is 4. The third-order valence-electron chi connectivity index (χ3n) is 5.40. The molecule has 4 aromatic rings. The Bertz CT molecular complexity index is 1210. The normalized spacial score (nSPS) is 12.0. The van der Waals surface area contributed by atoms with Gasteiger partial charge in [-0.2, -0.15) is 0 Å². The Labute approximate surface area is 194 Å². The van der Waals surface area contributed by atoms with Gasteiger partial charge in [0.15, 0.2) is 0 Å². The van der Waals surface area contributed by atoms with Gasteiger partial charge < -0.3 is 14.4 Å². The fourth-order valence-electron chi connectivity index (χ4n) is 3.50. The van der Waals surface area contributed by atoms with E-state index >= 15 is 0 Å². The summed E-state index contributed by atoms with van der Waals surface area (Å²) in [7, 11) is 4.02. The molecule has 170 valence electrons. The molecule has 1 unspecified atom stereocenters. The van der Waals surface area contributed by atoms with Crippen molar-refractivity contribution >= 4 is 0 Å². The minimum atomic E-state index is -0.136. The van der Waals surface area contributed by atoms with E-state index in [-0.39, 0.29) is 11.8 Å². The number of hydrogen-bond donors (Lipinski definition) is 0. The minimum absolute atomic E-state index is 0.0595. The molecule has 0 aliphatic heterocycles. The lowest BCUT2D eigenvalue weighted by Gasteiger charge is -2.15. The first-order chi connectivity index (χ1) is 16.0. The molecule has 0 radical (unpaired) electrons. The van der Waals surface area contributed by atoms with Crippen LogP contribution in [0.5, 0.6) is 11.5 Å². The van der Waals surface area contributed by atoms with Gasteiger partial charge in [0.2, 0.25) is 0 Å². The van der Waals surface area contributed by atoms with Crippen LogP contribution < -0.4 is 15.2 Å². The van der Waals surface area contributed by atoms with Gasteiger partial charge in [-0.3, -0.25) is 9.13 Å². The van der Waals surface area contributed by atoms with Crippen LogP contribution in [0, 0.1) is 0 Å². The molecule has 0 aliphatic carbocycles. The first kappa shape index (κ1) is 22.4. The Morgan fingerprint density at radius 2 is 1.33 bits per heavy atom. The maximum absolute atomic E-state index is 13.0. The lowest BCUT2D eigenvalue weighted by molar-refractivity contribution is 0.227. The zero-order valence-electron chi connectivity index (χ0n) is 19.2. The summed E-state index contributed by atoms with van der Waals surface area (Å²) < 4.78 is 15.0. The Kier molecular flexibility index (Phi) is 6.95. The van der Waals surface area contributed by atoms with Crippen LogP contribution in [0.3, 0.4) is 0 Å². The van der Waals surface area contributed by atoms with Crippen LogP contribution in [0.1, 0.15) is 18.6 Å². The van der Waals surface area contributed by atoms with Gasteiger partial charge in [-0.25, -0.2) is 4.79 Å². The fraction of sp³-hybridized carbons (Fsp3) is 0.222. The summed E-state index contributed by atoms with van der Waals surface area (Å²) in [6.07, 6.45) is 3.48. The smallest absolute Gasteiger partial charge is 0.337 e. The van der Waals surface area contributed by atoms with E-state index in [1.54, 1.807) is 21.5 Å². The zero-order chi connectivity index (χ0) is 23.2. The second-order valence-corrected chi connectivity index (χ2v) is 8.13. The molecule has 0 N–H and O–H groups in total. The molecule has 1 heterocycles. The molecule has 0 amide bonds. The molecule has 6 nitrogen and oxygen atoms in total. The van der Waals surface area contributed by atoms with Crippen LogP contribution in [0.15, 0.2) is 96.1 Å². The molecule has 1 aromatic heterocycles. The molecule has 4 rings (SSSR count). The van der Waals surface area contributed by atoms with E-state index in [2.05, 4.69) is 4.90 Å². The van der Waals surface area contributed by atoms with Gasteiger partial charge in [-0.05, 0) is 75.1 Å². The van der Waals surface area contributed by atoms with Crippen molar-refractivity contribution in [1.82, 2.24) is 14.0 Å². The average Bonchev–Trinajstić information content (AvgIpc) is 3.21. The second-order valence-electron chi connectivity index (χ2n) is 8.13. The maximum Gasteiger partial charge on any atom is 0.337 e. The van der Waals surface area contributed by atoms with Crippen LogP contribution in [0.2, 0.25) is 0 Å². The van der Waals surface area contributed by atoms with Gasteiger partial charge in [0, 0.05) is 18.9 Å². The minimum Gasteiger partial charge on any atom is -0.492 e. The van der Waals surface area contributed by atoms with E-state index in [9.17, 15) is 4.79 Å². The maximum atomic E-state index is 13.0. The Morgan fingerprint density at radius 1 is 0.788 bits per heavy atom. The van der Waals surface area contributed by atoms with Crippen LogP contribution in [0.4, 0.5) is 0 Å². The number of benzene rings is 3. The highest BCUT2D eigenvalue weighted by Crippen LogP contribution is 2.23. The van der Waals surface area contributed by atoms with Crippen molar-refractivity contribution in [2.45, 2.75) is 13.0 Å². The van der Waals surface area contributed by atoms with Gasteiger partial charge in [-0.1, -0.05) is 30.3 Å². The first-order valence-corrected chi connectivity index (χ1v) is 11.0. The molecule has 33 heavy (non-hydrogen) atoms. The highest BCUT2D eigenvalue weighted by atomic mass is 16.5. The van der Waals surface area contributed by atoms with E-state index in [0.717, 1.165) is 35.0 Å². The Balaban J connectivity index is 1.44. The summed E-state index contributed by atoms with van der Waals surface area (Å²) in [5.74, 6) is 1.54. The van der Waals surface area contributed by atoms with Crippen molar-refractivity contribution < 1.29 is 9.47 Å². The highest BCUT2D eigenvalue weighted by Gasteiger charge is 2.10. The summed E-state index contributed by atoms with van der Waals surface area (Å²) >= 11 is 0. The van der Waals surface area contributed by atoms with Crippen molar-refractivity contribution in [3.8, 4) is 22.9 Å². The Morgan fingerprint density at radius 3 is 1.88 bits per heavy atom. The summed E-state index contributed by atoms with van der Waals surface area (Å²) in [6.45, 7) is 3.48. The predicted octanol–water partition coefficient (Wildman–Crippen LogP) is 4.71. The SMILES string of the molecule is CC(Oc1ccc(-n2ccn(-c3ccc(OCCN(C)C)cc3)c2=O)cc1)c1ccccc1. The summed E-state index contributed by atoms with van der Waals surface area (Å²) in [5.41, 5.74) is 2.55. The van der Waals surface area contributed by atoms with E-state index in [0.29, 0.717) is 6.61 Å². The molecular weight excluding hydrogens is 414 g/mol. The highest BCUT2D eigenvalue weighted by molar-refractivity contribution is 5.40. The van der Waals surface area contributed by atoms with E-state index in [1.165, 1.54) is 0 Å². The van der Waals surface area contributed by atoms with Gasteiger partial charge in [0.05, 0.1) is 11.4 Å². The Hall–Kier alpha value is -3.77. The van der Waals surface area contributed by atoms with Crippen molar-refractivity contribution in [2.75, 3.05) is 27.2 Å². The summed E-state index contributed by atoms with van der Waals surface area (Å²) in [4.78, 5) is 15.1. The van der Waals surface area contributed by atoms with Crippen molar-refractivity contribution in [3.05, 3.63) is 107 Å². The lowest BCUT2D eigenvalue weighted by atomic mass is 10.1. The number of aromatic nitrogens is 2. The molecule has 0 saturated heterocycles. The topological polar surface area (TPSA) is 48.6 Å². The first-order valence-electron chi connectivity index (χ1n) is 11.0. The van der Waals surface area contributed by atoms with Crippen LogP contribution in [-0.4, -0.2) is 41.3 Å². The van der Waals surface area contributed by atoms with Gasteiger partial charge in [0.25, 0.3) is 0 Å². The van der Waals surface area contributed by atoms with Crippen LogP contribution >= 0.6 is 0 Å². The standard InChI is InChI=1S/C27H29N3O3/c1-21(22-7-5-4-6-8-22)33-26-15-11-24(12-16-26)30-18-17-29(27(30)31)23-9-13-25(14-10-23)32-20-19-28(2)3/h4-18,21H,19-20H2,1-3H3. The van der Waals surface area contributed by atoms with E-state index in [1.807, 2.05) is 99.9 Å². The monoisotopic (exact) mass is 443 g/mol.